The lowest BCUT2D eigenvalue weighted by atomic mass is 10.4. The molecule has 0 radical (unpaired) electrons. The van der Waals surface area contributed by atoms with E-state index in [1.54, 1.807) is 11.8 Å². The Morgan fingerprint density at radius 2 is 2.07 bits per heavy atom. The minimum Gasteiger partial charge on any atom is -0.480 e. The number of nitrogens with one attached hydrogen (secondary N) is 1. The third-order valence-electron chi connectivity index (χ3n) is 1.64. The van der Waals surface area contributed by atoms with Gasteiger partial charge in [-0.15, -0.1) is 11.8 Å². The monoisotopic (exact) mass is 245 g/mol. The fourth-order valence-corrected chi connectivity index (χ4v) is 1.90. The van der Waals surface area contributed by atoms with E-state index >= 15 is 0 Å². The Morgan fingerprint density at radius 3 is 2.67 bits per heavy atom. The smallest absolute Gasteiger partial charge is 0.317 e. The van der Waals surface area contributed by atoms with Gasteiger partial charge in [0.2, 0.25) is 0 Å². The van der Waals surface area contributed by atoms with Crippen LogP contribution in [-0.4, -0.2) is 29.9 Å². The predicted molar refractivity (Wildman–Crippen MR) is 62.7 cm³/mol. The van der Waals surface area contributed by atoms with Crippen LogP contribution in [0.15, 0.2) is 29.2 Å². The molecule has 0 aromatic heterocycles. The summed E-state index contributed by atoms with van der Waals surface area (Å²) in [6.07, 6.45) is 0. The van der Waals surface area contributed by atoms with Gasteiger partial charge in [0.25, 0.3) is 0 Å². The zero-order valence-electron chi connectivity index (χ0n) is 8.07. The Kier molecular flexibility index (Phi) is 5.53. The van der Waals surface area contributed by atoms with E-state index in [1.807, 2.05) is 24.3 Å². The van der Waals surface area contributed by atoms with Crippen molar-refractivity contribution in [3.05, 3.63) is 29.3 Å². The van der Waals surface area contributed by atoms with Gasteiger partial charge in [0.05, 0.1) is 6.54 Å². The van der Waals surface area contributed by atoms with E-state index in [9.17, 15) is 4.79 Å². The van der Waals surface area contributed by atoms with Gasteiger partial charge in [0, 0.05) is 22.2 Å². The van der Waals surface area contributed by atoms with Crippen molar-refractivity contribution in [3.63, 3.8) is 0 Å². The first-order valence-electron chi connectivity index (χ1n) is 4.49. The highest BCUT2D eigenvalue weighted by atomic mass is 35.5. The van der Waals surface area contributed by atoms with E-state index in [-0.39, 0.29) is 6.54 Å². The summed E-state index contributed by atoms with van der Waals surface area (Å²) in [6.45, 7) is 0.695. The molecule has 0 unspecified atom stereocenters. The number of hydrogen-bond donors (Lipinski definition) is 2. The molecule has 1 aromatic rings. The fourth-order valence-electron chi connectivity index (χ4n) is 0.967. The fraction of sp³-hybridized carbons (Fsp3) is 0.300. The lowest BCUT2D eigenvalue weighted by Gasteiger charge is -2.02. The van der Waals surface area contributed by atoms with Crippen LogP contribution >= 0.6 is 23.4 Å². The van der Waals surface area contributed by atoms with E-state index < -0.39 is 5.97 Å². The second-order valence-electron chi connectivity index (χ2n) is 2.87. The van der Waals surface area contributed by atoms with Crippen LogP contribution in [0.25, 0.3) is 0 Å². The van der Waals surface area contributed by atoms with Crippen LogP contribution in [0.2, 0.25) is 5.02 Å². The van der Waals surface area contributed by atoms with Crippen molar-refractivity contribution in [3.8, 4) is 0 Å². The summed E-state index contributed by atoms with van der Waals surface area (Å²) in [5.74, 6) is 0.0149. The van der Waals surface area contributed by atoms with Gasteiger partial charge in [-0.1, -0.05) is 11.6 Å². The molecule has 3 nitrogen and oxygen atoms in total. The van der Waals surface area contributed by atoms with Gasteiger partial charge in [-0.3, -0.25) is 4.79 Å². The predicted octanol–water partition coefficient (Wildman–Crippen LogP) is 2.11. The van der Waals surface area contributed by atoms with E-state index in [1.165, 1.54) is 0 Å². The third kappa shape index (κ3) is 5.67. The quantitative estimate of drug-likeness (QED) is 0.595. The van der Waals surface area contributed by atoms with Crippen LogP contribution < -0.4 is 5.32 Å². The summed E-state index contributed by atoms with van der Waals surface area (Å²) in [7, 11) is 0. The first kappa shape index (κ1) is 12.4. The molecule has 0 amide bonds. The molecule has 2 N–H and O–H groups in total. The number of aliphatic carboxylic acids is 1. The Bertz CT molecular complexity index is 316. The van der Waals surface area contributed by atoms with Crippen LogP contribution in [0, 0.1) is 0 Å². The molecular weight excluding hydrogens is 234 g/mol. The van der Waals surface area contributed by atoms with Gasteiger partial charge in [0.1, 0.15) is 0 Å². The minimum atomic E-state index is -0.827. The molecule has 0 aliphatic carbocycles. The molecule has 0 aliphatic heterocycles. The molecule has 0 saturated carbocycles. The first-order chi connectivity index (χ1) is 7.18. The third-order valence-corrected chi connectivity index (χ3v) is 2.90. The molecule has 5 heteroatoms. The van der Waals surface area contributed by atoms with Crippen molar-refractivity contribution < 1.29 is 9.90 Å². The zero-order valence-corrected chi connectivity index (χ0v) is 9.64. The number of thioether (sulfide) groups is 1. The van der Waals surface area contributed by atoms with Crippen molar-refractivity contribution in [1.29, 1.82) is 0 Å². The van der Waals surface area contributed by atoms with Crippen molar-refractivity contribution >= 4 is 29.3 Å². The van der Waals surface area contributed by atoms with Crippen molar-refractivity contribution in [2.45, 2.75) is 4.90 Å². The highest BCUT2D eigenvalue weighted by Gasteiger charge is 1.96. The molecule has 0 bridgehead atoms. The van der Waals surface area contributed by atoms with Crippen molar-refractivity contribution in [1.82, 2.24) is 5.32 Å². The van der Waals surface area contributed by atoms with Gasteiger partial charge < -0.3 is 10.4 Å². The summed E-state index contributed by atoms with van der Waals surface area (Å²) < 4.78 is 0. The van der Waals surface area contributed by atoms with Crippen LogP contribution in [0.3, 0.4) is 0 Å². The highest BCUT2D eigenvalue weighted by Crippen LogP contribution is 2.19. The number of benzene rings is 1. The zero-order chi connectivity index (χ0) is 11.1. The summed E-state index contributed by atoms with van der Waals surface area (Å²) in [6, 6.07) is 7.58. The maximum atomic E-state index is 10.2. The van der Waals surface area contributed by atoms with Gasteiger partial charge in [-0.2, -0.15) is 0 Å². The normalized spacial score (nSPS) is 10.2. The average molecular weight is 246 g/mol. The second kappa shape index (κ2) is 6.71. The second-order valence-corrected chi connectivity index (χ2v) is 4.48. The van der Waals surface area contributed by atoms with Gasteiger partial charge >= 0.3 is 5.97 Å². The number of carboxylic acids is 1. The largest absolute Gasteiger partial charge is 0.480 e. The van der Waals surface area contributed by atoms with Crippen LogP contribution in [0.4, 0.5) is 0 Å². The van der Waals surface area contributed by atoms with E-state index in [2.05, 4.69) is 5.32 Å². The Balaban J connectivity index is 2.15. The average Bonchev–Trinajstić information content (AvgIpc) is 2.20. The lowest BCUT2D eigenvalue weighted by molar-refractivity contribution is -0.135. The van der Waals surface area contributed by atoms with Crippen molar-refractivity contribution in [2.75, 3.05) is 18.8 Å². The summed E-state index contributed by atoms with van der Waals surface area (Å²) in [5.41, 5.74) is 0. The van der Waals surface area contributed by atoms with E-state index in [0.29, 0.717) is 6.54 Å². The molecular formula is C10H12ClNO2S. The molecule has 0 atom stereocenters. The number of rotatable bonds is 6. The Labute approximate surface area is 97.8 Å². The molecule has 0 aliphatic rings. The van der Waals surface area contributed by atoms with Crippen LogP contribution in [0.1, 0.15) is 0 Å². The molecule has 1 aromatic carbocycles. The van der Waals surface area contributed by atoms with Crippen LogP contribution in [-0.2, 0) is 4.79 Å². The number of carbonyl (C=O) groups is 1. The van der Waals surface area contributed by atoms with E-state index in [4.69, 9.17) is 16.7 Å². The molecule has 0 saturated heterocycles. The molecule has 82 valence electrons. The summed E-state index contributed by atoms with van der Waals surface area (Å²) in [4.78, 5) is 11.3. The molecule has 0 heterocycles. The lowest BCUT2D eigenvalue weighted by Crippen LogP contribution is -2.24. The van der Waals surface area contributed by atoms with Crippen LogP contribution in [0.5, 0.6) is 0 Å². The number of carboxylic acid groups (broad SMARTS) is 1. The summed E-state index contributed by atoms with van der Waals surface area (Å²) >= 11 is 7.41. The number of halogens is 1. The minimum absolute atomic E-state index is 0.0151. The van der Waals surface area contributed by atoms with Gasteiger partial charge in [-0.25, -0.2) is 0 Å². The number of hydrogen-bond acceptors (Lipinski definition) is 3. The topological polar surface area (TPSA) is 49.3 Å². The molecule has 1 rings (SSSR count). The maximum Gasteiger partial charge on any atom is 0.317 e. The van der Waals surface area contributed by atoms with E-state index in [0.717, 1.165) is 15.7 Å². The standard InChI is InChI=1S/C10H12ClNO2S/c11-8-1-3-9(4-2-8)15-6-5-12-7-10(13)14/h1-4,12H,5-7H2,(H,13,14). The van der Waals surface area contributed by atoms with Crippen molar-refractivity contribution in [2.24, 2.45) is 0 Å². The summed E-state index contributed by atoms with van der Waals surface area (Å²) in [5, 5.41) is 11.9. The Morgan fingerprint density at radius 1 is 1.40 bits per heavy atom. The van der Waals surface area contributed by atoms with Gasteiger partial charge in [-0.05, 0) is 24.3 Å². The molecule has 0 spiro atoms. The maximum absolute atomic E-state index is 10.2. The molecule has 15 heavy (non-hydrogen) atoms. The highest BCUT2D eigenvalue weighted by molar-refractivity contribution is 7.99. The first-order valence-corrected chi connectivity index (χ1v) is 5.86. The SMILES string of the molecule is O=C(O)CNCCSc1ccc(Cl)cc1. The van der Waals surface area contributed by atoms with Gasteiger partial charge in [0.15, 0.2) is 0 Å². The molecule has 0 fully saturated rings. The Hall–Kier alpha value is -0.710.